The molecule has 2 rings (SSSR count). The first-order chi connectivity index (χ1) is 6.79. The van der Waals surface area contributed by atoms with Crippen LogP contribution in [0.15, 0.2) is 39.6 Å². The summed E-state index contributed by atoms with van der Waals surface area (Å²) in [7, 11) is 0. The van der Waals surface area contributed by atoms with E-state index in [0.29, 0.717) is 6.04 Å². The third kappa shape index (κ3) is 2.09. The van der Waals surface area contributed by atoms with Crippen LogP contribution in [0.25, 0.3) is 0 Å². The van der Waals surface area contributed by atoms with E-state index in [0.717, 1.165) is 23.9 Å². The molecule has 0 amide bonds. The van der Waals surface area contributed by atoms with Gasteiger partial charge in [0.2, 0.25) is 0 Å². The van der Waals surface area contributed by atoms with Crippen molar-refractivity contribution in [2.24, 2.45) is 0 Å². The molecule has 1 unspecified atom stereocenters. The first-order valence-electron chi connectivity index (χ1n) is 5.05. The Morgan fingerprint density at radius 1 is 1.43 bits per heavy atom. The Kier molecular flexibility index (Phi) is 3.07. The van der Waals surface area contributed by atoms with Crippen molar-refractivity contribution < 1.29 is 0 Å². The van der Waals surface area contributed by atoms with Crippen molar-refractivity contribution in [3.8, 4) is 0 Å². The van der Waals surface area contributed by atoms with Crippen LogP contribution >= 0.6 is 15.9 Å². The lowest BCUT2D eigenvalue weighted by Gasteiger charge is -2.09. The molecule has 74 valence electrons. The third-order valence-corrected chi connectivity index (χ3v) is 3.15. The molecule has 0 heterocycles. The van der Waals surface area contributed by atoms with Gasteiger partial charge in [0, 0.05) is 6.04 Å². The van der Waals surface area contributed by atoms with E-state index in [2.05, 4.69) is 52.1 Å². The van der Waals surface area contributed by atoms with Crippen LogP contribution < -0.4 is 5.32 Å². The molecule has 0 radical (unpaired) electrons. The minimum Gasteiger partial charge on any atom is -0.314 e. The number of halogens is 1. The van der Waals surface area contributed by atoms with E-state index < -0.39 is 0 Å². The fourth-order valence-electron chi connectivity index (χ4n) is 2.00. The maximum atomic E-state index is 3.49. The van der Waals surface area contributed by atoms with E-state index in [9.17, 15) is 0 Å². The Hall–Kier alpha value is -0.560. The van der Waals surface area contributed by atoms with Crippen molar-refractivity contribution in [2.45, 2.75) is 25.8 Å². The lowest BCUT2D eigenvalue weighted by Crippen LogP contribution is -2.26. The molecule has 0 aromatic heterocycles. The van der Waals surface area contributed by atoms with Crippen molar-refractivity contribution >= 4 is 15.9 Å². The zero-order valence-electron chi connectivity index (χ0n) is 8.31. The van der Waals surface area contributed by atoms with Gasteiger partial charge in [0.05, 0.1) is 4.48 Å². The Morgan fingerprint density at radius 2 is 2.21 bits per heavy atom. The summed E-state index contributed by atoms with van der Waals surface area (Å²) in [6.07, 6.45) is 8.68. The van der Waals surface area contributed by atoms with Crippen LogP contribution in [0.5, 0.6) is 0 Å². The maximum Gasteiger partial charge on any atom is 0.0593 e. The van der Waals surface area contributed by atoms with Crippen LogP contribution in [0.1, 0.15) is 19.8 Å². The van der Waals surface area contributed by atoms with Gasteiger partial charge < -0.3 is 5.32 Å². The molecule has 2 heteroatoms. The Labute approximate surface area is 93.4 Å². The predicted octanol–water partition coefficient (Wildman–Crippen LogP) is 3.06. The zero-order chi connectivity index (χ0) is 9.97. The van der Waals surface area contributed by atoms with Crippen molar-refractivity contribution in [1.82, 2.24) is 5.32 Å². The summed E-state index contributed by atoms with van der Waals surface area (Å²) < 4.78 is 1.03. The second kappa shape index (κ2) is 4.31. The van der Waals surface area contributed by atoms with Gasteiger partial charge >= 0.3 is 0 Å². The number of rotatable bonds is 2. The minimum absolute atomic E-state index is 0.629. The van der Waals surface area contributed by atoms with Crippen LogP contribution in [0.3, 0.4) is 0 Å². The Morgan fingerprint density at radius 3 is 3.00 bits per heavy atom. The van der Waals surface area contributed by atoms with Crippen LogP contribution in [0.2, 0.25) is 0 Å². The molecule has 1 N–H and O–H groups in total. The number of nitrogens with one attached hydrogen (secondary N) is 1. The van der Waals surface area contributed by atoms with E-state index in [1.54, 1.807) is 0 Å². The van der Waals surface area contributed by atoms with Gasteiger partial charge in [-0.2, -0.15) is 0 Å². The lowest BCUT2D eigenvalue weighted by atomic mass is 10.1. The predicted molar refractivity (Wildman–Crippen MR) is 63.4 cm³/mol. The second-order valence-corrected chi connectivity index (χ2v) is 4.54. The van der Waals surface area contributed by atoms with E-state index in [4.69, 9.17) is 0 Å². The summed E-state index contributed by atoms with van der Waals surface area (Å²) in [5.74, 6) is 0. The van der Waals surface area contributed by atoms with Gasteiger partial charge in [0.25, 0.3) is 0 Å². The molecule has 1 atom stereocenters. The van der Waals surface area contributed by atoms with E-state index >= 15 is 0 Å². The van der Waals surface area contributed by atoms with Gasteiger partial charge in [-0.1, -0.05) is 13.0 Å². The molecule has 0 aliphatic heterocycles. The molecule has 1 nitrogen and oxygen atoms in total. The highest BCUT2D eigenvalue weighted by Gasteiger charge is 2.20. The fourth-order valence-corrected chi connectivity index (χ4v) is 2.25. The van der Waals surface area contributed by atoms with Crippen molar-refractivity contribution in [2.75, 3.05) is 6.54 Å². The smallest absolute Gasteiger partial charge is 0.0593 e. The van der Waals surface area contributed by atoms with Gasteiger partial charge in [0.15, 0.2) is 0 Å². The molecular formula is C12H14BrN. The first kappa shape index (κ1) is 9.97. The van der Waals surface area contributed by atoms with Gasteiger partial charge in [-0.25, -0.2) is 0 Å². The highest BCUT2D eigenvalue weighted by molar-refractivity contribution is 9.11. The second-order valence-electron chi connectivity index (χ2n) is 3.68. The molecule has 2 aliphatic carbocycles. The standard InChI is InChI=1S/C12H14BrN/c1-2-14-12-7-9-3-5-11(13)6-4-10(9)8-12/h3-5,12,14H,2,7-8H2,1H3. The average molecular weight is 252 g/mol. The molecule has 14 heavy (non-hydrogen) atoms. The van der Waals surface area contributed by atoms with Crippen LogP contribution in [0.4, 0.5) is 0 Å². The fraction of sp³-hybridized carbons (Fsp3) is 0.417. The van der Waals surface area contributed by atoms with Gasteiger partial charge in [-0.05, 0) is 58.6 Å². The maximum absolute atomic E-state index is 3.49. The molecule has 0 aromatic rings. The van der Waals surface area contributed by atoms with Crippen molar-refractivity contribution in [3.63, 3.8) is 0 Å². The molecule has 2 aliphatic rings. The highest BCUT2D eigenvalue weighted by Crippen LogP contribution is 2.30. The van der Waals surface area contributed by atoms with Crippen LogP contribution in [-0.2, 0) is 0 Å². The summed E-state index contributed by atoms with van der Waals surface area (Å²) >= 11 is 3.44. The molecule has 0 saturated heterocycles. The molecular weight excluding hydrogens is 238 g/mol. The molecule has 0 fully saturated rings. The van der Waals surface area contributed by atoms with Crippen molar-refractivity contribution in [1.29, 1.82) is 0 Å². The van der Waals surface area contributed by atoms with Crippen LogP contribution in [0, 0.1) is 0 Å². The van der Waals surface area contributed by atoms with Gasteiger partial charge in [0.1, 0.15) is 0 Å². The quantitative estimate of drug-likeness (QED) is 0.745. The zero-order valence-corrected chi connectivity index (χ0v) is 9.89. The summed E-state index contributed by atoms with van der Waals surface area (Å²) in [5, 5.41) is 3.49. The Bertz CT molecular complexity index is 357. The third-order valence-electron chi connectivity index (χ3n) is 2.65. The van der Waals surface area contributed by atoms with E-state index in [1.807, 2.05) is 0 Å². The number of allylic oxidation sites excluding steroid dienone is 3. The monoisotopic (exact) mass is 251 g/mol. The molecule has 0 spiro atoms. The SMILES string of the molecule is CCNC1CC2=C(C=CC(Br)=C=C2)C1. The minimum atomic E-state index is 0.629. The molecule has 0 saturated carbocycles. The number of hydrogen-bond acceptors (Lipinski definition) is 1. The number of hydrogen-bond donors (Lipinski definition) is 1. The summed E-state index contributed by atoms with van der Waals surface area (Å²) in [4.78, 5) is 0. The van der Waals surface area contributed by atoms with Gasteiger partial charge in [-0.3, -0.25) is 0 Å². The molecule has 0 bridgehead atoms. The van der Waals surface area contributed by atoms with E-state index in [1.165, 1.54) is 11.1 Å². The lowest BCUT2D eigenvalue weighted by molar-refractivity contribution is 0.551. The van der Waals surface area contributed by atoms with Gasteiger partial charge in [-0.15, -0.1) is 5.73 Å². The average Bonchev–Trinajstić information content (AvgIpc) is 2.47. The largest absolute Gasteiger partial charge is 0.314 e. The normalized spacial score (nSPS) is 25.0. The molecule has 0 aromatic carbocycles. The highest BCUT2D eigenvalue weighted by atomic mass is 79.9. The first-order valence-corrected chi connectivity index (χ1v) is 5.84. The van der Waals surface area contributed by atoms with E-state index in [-0.39, 0.29) is 0 Å². The van der Waals surface area contributed by atoms with Crippen LogP contribution in [-0.4, -0.2) is 12.6 Å². The summed E-state index contributed by atoms with van der Waals surface area (Å²) in [5.41, 5.74) is 6.10. The Balaban J connectivity index is 2.14. The summed E-state index contributed by atoms with van der Waals surface area (Å²) in [6, 6.07) is 0.629. The summed E-state index contributed by atoms with van der Waals surface area (Å²) in [6.45, 7) is 3.21. The topological polar surface area (TPSA) is 12.0 Å². The van der Waals surface area contributed by atoms with Crippen molar-refractivity contribution in [3.05, 3.63) is 39.6 Å².